The van der Waals surface area contributed by atoms with Gasteiger partial charge in [0, 0.05) is 38.1 Å². The third-order valence-electron chi connectivity index (χ3n) is 16.8. The van der Waals surface area contributed by atoms with Crippen molar-refractivity contribution in [1.82, 2.24) is 24.1 Å². The number of para-hydroxylation sites is 2. The fourth-order valence-corrected chi connectivity index (χ4v) is 13.7. The average Bonchev–Trinajstić information content (AvgIpc) is 4.28. The zero-order chi connectivity index (χ0) is 50.7. The minimum atomic E-state index is -0.583. The van der Waals surface area contributed by atoms with Crippen LogP contribution in [0.15, 0.2) is 273 Å². The molecular formula is C72H47N5. The predicted molar refractivity (Wildman–Crippen MR) is 313 cm³/mol. The van der Waals surface area contributed by atoms with Crippen molar-refractivity contribution in [2.75, 3.05) is 0 Å². The number of hydrogen-bond donors (Lipinski definition) is 0. The molecule has 0 radical (unpaired) electrons. The first-order valence-corrected chi connectivity index (χ1v) is 26.6. The smallest absolute Gasteiger partial charge is 0.238 e. The van der Waals surface area contributed by atoms with E-state index in [0.717, 1.165) is 38.4 Å². The normalized spacial score (nSPS) is 13.7. The number of nitrogens with zero attached hydrogens (tertiary/aromatic N) is 5. The van der Waals surface area contributed by atoms with Crippen LogP contribution in [0, 0.1) is 0 Å². The van der Waals surface area contributed by atoms with Crippen LogP contribution >= 0.6 is 0 Å². The van der Waals surface area contributed by atoms with Crippen LogP contribution in [0.4, 0.5) is 0 Å². The van der Waals surface area contributed by atoms with Crippen molar-refractivity contribution in [3.8, 4) is 39.6 Å². The van der Waals surface area contributed by atoms with Gasteiger partial charge in [-0.2, -0.15) is 9.97 Å². The van der Waals surface area contributed by atoms with E-state index in [1.165, 1.54) is 77.5 Å². The standard InChI is InChI=1S/C72H47N5/c1-6-24-47(25-7-1)69-73-68(46-76-64-40-22-18-36-54(64)58-42-56-52-34-16-20-38-60(52)71(62(56)44-66(58)76,48-26-8-2-9-27-48)49-28-10-3-11-29-49)74-70(75-69)77-65-41-23-19-37-55(65)59-43-57-53-35-17-21-39-61(53)72(63(57)45-67(59)77,50-30-12-4-13-31-50)51-32-14-5-15-33-51/h1-45H,46H2. The molecule has 0 aliphatic heterocycles. The first kappa shape index (κ1) is 43.4. The Morgan fingerprint density at radius 3 is 1.25 bits per heavy atom. The number of aromatic nitrogens is 5. The molecular weight excluding hydrogens is 935 g/mol. The van der Waals surface area contributed by atoms with E-state index in [-0.39, 0.29) is 0 Å². The second-order valence-electron chi connectivity index (χ2n) is 20.6. The van der Waals surface area contributed by atoms with Crippen molar-refractivity contribution in [3.63, 3.8) is 0 Å². The van der Waals surface area contributed by atoms with Crippen LogP contribution < -0.4 is 0 Å². The van der Waals surface area contributed by atoms with E-state index in [2.05, 4.69) is 276 Å². The van der Waals surface area contributed by atoms with Gasteiger partial charge >= 0.3 is 0 Å². The molecule has 0 saturated heterocycles. The molecule has 0 fully saturated rings. The summed E-state index contributed by atoms with van der Waals surface area (Å²) in [5.74, 6) is 1.86. The highest BCUT2D eigenvalue weighted by Gasteiger charge is 2.48. The van der Waals surface area contributed by atoms with Gasteiger partial charge in [0.05, 0.1) is 28.4 Å². The third-order valence-corrected chi connectivity index (χ3v) is 16.8. The van der Waals surface area contributed by atoms with E-state index in [9.17, 15) is 0 Å². The summed E-state index contributed by atoms with van der Waals surface area (Å²) < 4.78 is 4.73. The highest BCUT2D eigenvalue weighted by molar-refractivity contribution is 6.13. The Morgan fingerprint density at radius 2 is 0.714 bits per heavy atom. The van der Waals surface area contributed by atoms with Crippen LogP contribution in [0.25, 0.3) is 83.2 Å². The molecule has 3 heterocycles. The molecule has 5 nitrogen and oxygen atoms in total. The Labute approximate surface area is 445 Å². The molecule has 360 valence electrons. The zero-order valence-corrected chi connectivity index (χ0v) is 41.9. The lowest BCUT2D eigenvalue weighted by atomic mass is 9.67. The SMILES string of the molecule is c1ccc(-c2nc(Cn3c4ccccc4c4cc5c(cc43)C(c3ccccc3)(c3ccccc3)c3ccccc3-5)nc(-n3c4ccccc4c4cc5c(cc43)C(c3ccccc3)(c3ccccc3)c3ccccc3-5)n2)cc1. The quantitative estimate of drug-likeness (QED) is 0.152. The summed E-state index contributed by atoms with van der Waals surface area (Å²) >= 11 is 0. The van der Waals surface area contributed by atoms with Crippen molar-refractivity contribution in [3.05, 3.63) is 323 Å². The number of rotatable bonds is 8. The molecule has 0 spiro atoms. The Kier molecular flexibility index (Phi) is 9.46. The van der Waals surface area contributed by atoms with E-state index in [0.29, 0.717) is 24.1 Å². The van der Waals surface area contributed by atoms with Crippen molar-refractivity contribution >= 4 is 43.6 Å². The molecule has 0 unspecified atom stereocenters. The lowest BCUT2D eigenvalue weighted by Crippen LogP contribution is -2.28. The van der Waals surface area contributed by atoms with Gasteiger partial charge in [0.15, 0.2) is 11.6 Å². The summed E-state index contributed by atoms with van der Waals surface area (Å²) in [5, 5.41) is 4.67. The first-order chi connectivity index (χ1) is 38.2. The van der Waals surface area contributed by atoms with Crippen molar-refractivity contribution in [2.24, 2.45) is 0 Å². The van der Waals surface area contributed by atoms with Gasteiger partial charge in [-0.05, 0) is 103 Å². The molecule has 14 aromatic rings. The third kappa shape index (κ3) is 6.14. The number of benzene rings is 11. The van der Waals surface area contributed by atoms with Crippen LogP contribution in [-0.4, -0.2) is 24.1 Å². The Morgan fingerprint density at radius 1 is 0.299 bits per heavy atom. The minimum absolute atomic E-state index is 0.405. The molecule has 0 amide bonds. The van der Waals surface area contributed by atoms with Crippen LogP contribution in [0.5, 0.6) is 0 Å². The maximum absolute atomic E-state index is 5.62. The Balaban J connectivity index is 0.952. The van der Waals surface area contributed by atoms with Gasteiger partial charge in [-0.1, -0.05) is 237 Å². The molecule has 3 aromatic heterocycles. The highest BCUT2D eigenvalue weighted by atomic mass is 15.2. The van der Waals surface area contributed by atoms with E-state index in [1.807, 2.05) is 6.07 Å². The topological polar surface area (TPSA) is 48.5 Å². The minimum Gasteiger partial charge on any atom is -0.333 e. The molecule has 5 heteroatoms. The molecule has 0 bridgehead atoms. The van der Waals surface area contributed by atoms with Crippen LogP contribution in [0.2, 0.25) is 0 Å². The van der Waals surface area contributed by atoms with Crippen LogP contribution in [0.3, 0.4) is 0 Å². The van der Waals surface area contributed by atoms with Gasteiger partial charge in [-0.3, -0.25) is 4.57 Å². The van der Waals surface area contributed by atoms with Gasteiger partial charge in [0.1, 0.15) is 0 Å². The summed E-state index contributed by atoms with van der Waals surface area (Å²) in [7, 11) is 0. The maximum atomic E-state index is 5.62. The van der Waals surface area contributed by atoms with Gasteiger partial charge in [0.2, 0.25) is 5.95 Å². The van der Waals surface area contributed by atoms with Gasteiger partial charge in [-0.15, -0.1) is 0 Å². The molecule has 2 aliphatic carbocycles. The number of fused-ring (bicyclic) bond motifs is 12. The average molecular weight is 982 g/mol. The Hall–Kier alpha value is -9.97. The van der Waals surface area contributed by atoms with Gasteiger partial charge < -0.3 is 4.57 Å². The van der Waals surface area contributed by atoms with Crippen LogP contribution in [0.1, 0.15) is 50.3 Å². The molecule has 0 atom stereocenters. The largest absolute Gasteiger partial charge is 0.333 e. The van der Waals surface area contributed by atoms with Crippen molar-refractivity contribution in [2.45, 2.75) is 17.4 Å². The van der Waals surface area contributed by atoms with E-state index in [1.54, 1.807) is 0 Å². The fraction of sp³-hybridized carbons (Fsp3) is 0.0417. The first-order valence-electron chi connectivity index (χ1n) is 26.6. The zero-order valence-electron chi connectivity index (χ0n) is 41.9. The van der Waals surface area contributed by atoms with Crippen LogP contribution in [-0.2, 0) is 17.4 Å². The summed E-state index contributed by atoms with van der Waals surface area (Å²) in [6, 6.07) is 99.8. The molecule has 11 aromatic carbocycles. The van der Waals surface area contributed by atoms with E-state index >= 15 is 0 Å². The van der Waals surface area contributed by atoms with Crippen molar-refractivity contribution in [1.29, 1.82) is 0 Å². The summed E-state index contributed by atoms with van der Waals surface area (Å²) in [6.45, 7) is 0.405. The fourth-order valence-electron chi connectivity index (χ4n) is 13.7. The van der Waals surface area contributed by atoms with Gasteiger partial charge in [-0.25, -0.2) is 4.98 Å². The van der Waals surface area contributed by atoms with Crippen molar-refractivity contribution < 1.29 is 0 Å². The second-order valence-corrected chi connectivity index (χ2v) is 20.6. The lowest BCUT2D eigenvalue weighted by molar-refractivity contribution is 0.758. The summed E-state index contributed by atoms with van der Waals surface area (Å²) in [4.78, 5) is 16.5. The maximum Gasteiger partial charge on any atom is 0.238 e. The van der Waals surface area contributed by atoms with Gasteiger partial charge in [0.25, 0.3) is 0 Å². The van der Waals surface area contributed by atoms with E-state index < -0.39 is 10.8 Å². The number of hydrogen-bond acceptors (Lipinski definition) is 3. The summed E-state index contributed by atoms with van der Waals surface area (Å²) in [5.41, 5.74) is 19.1. The molecule has 16 rings (SSSR count). The second kappa shape index (κ2) is 16.8. The summed E-state index contributed by atoms with van der Waals surface area (Å²) in [6.07, 6.45) is 0. The molecule has 2 aliphatic rings. The Bertz CT molecular complexity index is 4560. The van der Waals surface area contributed by atoms with E-state index in [4.69, 9.17) is 15.0 Å². The molecule has 77 heavy (non-hydrogen) atoms. The molecule has 0 saturated carbocycles. The molecule has 0 N–H and O–H groups in total. The monoisotopic (exact) mass is 981 g/mol. The lowest BCUT2D eigenvalue weighted by Gasteiger charge is -2.34. The predicted octanol–water partition coefficient (Wildman–Crippen LogP) is 16.5. The highest BCUT2D eigenvalue weighted by Crippen LogP contribution is 2.59.